The Morgan fingerprint density at radius 1 is 1.50 bits per heavy atom. The number of hydrogen-bond acceptors (Lipinski definition) is 4. The standard InChI is InChI=1S/C7H6Cl2N4S/c1-4-5(9)3-13(12-4)7-11-10-6(2-8)14-7/h3H,2H2,1H3. The fourth-order valence-corrected chi connectivity index (χ4v) is 1.89. The molecule has 0 N–H and O–H groups in total. The Balaban J connectivity index is 2.39. The number of nitrogens with zero attached hydrogens (tertiary/aromatic N) is 4. The molecule has 0 unspecified atom stereocenters. The maximum absolute atomic E-state index is 5.87. The summed E-state index contributed by atoms with van der Waals surface area (Å²) >= 11 is 12.9. The Morgan fingerprint density at radius 3 is 2.79 bits per heavy atom. The summed E-state index contributed by atoms with van der Waals surface area (Å²) in [6.07, 6.45) is 1.70. The quantitative estimate of drug-likeness (QED) is 0.767. The van der Waals surface area contributed by atoms with Gasteiger partial charge < -0.3 is 0 Å². The molecule has 0 spiro atoms. The highest BCUT2D eigenvalue weighted by molar-refractivity contribution is 7.13. The first kappa shape index (κ1) is 9.89. The van der Waals surface area contributed by atoms with E-state index >= 15 is 0 Å². The minimum absolute atomic E-state index is 0.367. The zero-order valence-electron chi connectivity index (χ0n) is 7.24. The summed E-state index contributed by atoms with van der Waals surface area (Å²) in [4.78, 5) is 0. The molecule has 7 heteroatoms. The first-order valence-electron chi connectivity index (χ1n) is 3.81. The van der Waals surface area contributed by atoms with Crippen LogP contribution in [0.3, 0.4) is 0 Å². The van der Waals surface area contributed by atoms with Crippen molar-refractivity contribution >= 4 is 34.5 Å². The van der Waals surface area contributed by atoms with Gasteiger partial charge in [-0.15, -0.1) is 21.8 Å². The molecule has 0 saturated carbocycles. The second-order valence-corrected chi connectivity index (χ2v) is 4.33. The van der Waals surface area contributed by atoms with Crippen LogP contribution < -0.4 is 0 Å². The molecule has 0 atom stereocenters. The Hall–Kier alpha value is -0.650. The molecule has 2 rings (SSSR count). The third-order valence-electron chi connectivity index (χ3n) is 1.61. The van der Waals surface area contributed by atoms with Crippen LogP contribution in [-0.2, 0) is 5.88 Å². The number of aryl methyl sites for hydroxylation is 1. The lowest BCUT2D eigenvalue weighted by Gasteiger charge is -1.89. The molecule has 0 aliphatic heterocycles. The fourth-order valence-electron chi connectivity index (χ4n) is 0.928. The van der Waals surface area contributed by atoms with Gasteiger partial charge in [0.05, 0.1) is 22.8 Å². The van der Waals surface area contributed by atoms with Crippen LogP contribution in [0.5, 0.6) is 0 Å². The van der Waals surface area contributed by atoms with Crippen molar-refractivity contribution < 1.29 is 0 Å². The van der Waals surface area contributed by atoms with Crippen LogP contribution in [0.15, 0.2) is 6.20 Å². The molecule has 0 aromatic carbocycles. The summed E-state index contributed by atoms with van der Waals surface area (Å²) in [5, 5.41) is 14.1. The Labute approximate surface area is 94.5 Å². The van der Waals surface area contributed by atoms with Crippen molar-refractivity contribution in [1.29, 1.82) is 0 Å². The number of hydrogen-bond donors (Lipinski definition) is 0. The largest absolute Gasteiger partial charge is 0.232 e. The van der Waals surface area contributed by atoms with E-state index in [9.17, 15) is 0 Å². The van der Waals surface area contributed by atoms with Gasteiger partial charge in [-0.25, -0.2) is 4.68 Å². The van der Waals surface area contributed by atoms with Crippen LogP contribution in [-0.4, -0.2) is 20.0 Å². The monoisotopic (exact) mass is 248 g/mol. The SMILES string of the molecule is Cc1nn(-c2nnc(CCl)s2)cc1Cl. The first-order valence-corrected chi connectivity index (χ1v) is 5.54. The van der Waals surface area contributed by atoms with E-state index in [2.05, 4.69) is 15.3 Å². The average Bonchev–Trinajstić information content (AvgIpc) is 2.74. The topological polar surface area (TPSA) is 43.6 Å². The molecule has 2 aromatic rings. The van der Waals surface area contributed by atoms with Gasteiger partial charge in [-0.1, -0.05) is 22.9 Å². The van der Waals surface area contributed by atoms with Crippen LogP contribution >= 0.6 is 34.5 Å². The van der Waals surface area contributed by atoms with Crippen molar-refractivity contribution in [2.45, 2.75) is 12.8 Å². The second kappa shape index (κ2) is 3.84. The molecule has 0 aliphatic carbocycles. The Morgan fingerprint density at radius 2 is 2.29 bits per heavy atom. The van der Waals surface area contributed by atoms with Crippen LogP contribution in [0, 0.1) is 6.92 Å². The van der Waals surface area contributed by atoms with Gasteiger partial charge in [-0.2, -0.15) is 5.10 Å². The van der Waals surface area contributed by atoms with Gasteiger partial charge in [0.2, 0.25) is 5.13 Å². The van der Waals surface area contributed by atoms with Crippen molar-refractivity contribution in [3.05, 3.63) is 21.9 Å². The molecule has 0 saturated heterocycles. The molecule has 74 valence electrons. The number of alkyl halides is 1. The van der Waals surface area contributed by atoms with E-state index in [0.717, 1.165) is 10.7 Å². The Kier molecular flexibility index (Phi) is 2.71. The van der Waals surface area contributed by atoms with E-state index in [1.54, 1.807) is 10.9 Å². The second-order valence-electron chi connectivity index (χ2n) is 2.62. The van der Waals surface area contributed by atoms with Gasteiger partial charge in [0, 0.05) is 0 Å². The molecule has 4 nitrogen and oxygen atoms in total. The lowest BCUT2D eigenvalue weighted by Crippen LogP contribution is -1.93. The van der Waals surface area contributed by atoms with Crippen LogP contribution in [0.1, 0.15) is 10.7 Å². The van der Waals surface area contributed by atoms with Crippen LogP contribution in [0.25, 0.3) is 5.13 Å². The lowest BCUT2D eigenvalue weighted by molar-refractivity contribution is 0.830. The molecule has 0 fully saturated rings. The summed E-state index contributed by atoms with van der Waals surface area (Å²) in [5.41, 5.74) is 0.772. The molecule has 2 aromatic heterocycles. The first-order chi connectivity index (χ1) is 6.70. The van der Waals surface area contributed by atoms with Crippen LogP contribution in [0.2, 0.25) is 5.02 Å². The van der Waals surface area contributed by atoms with E-state index in [0.29, 0.717) is 16.0 Å². The van der Waals surface area contributed by atoms with Crippen molar-refractivity contribution in [2.75, 3.05) is 0 Å². The van der Waals surface area contributed by atoms with Gasteiger partial charge in [0.25, 0.3) is 0 Å². The van der Waals surface area contributed by atoms with Gasteiger partial charge in [0.15, 0.2) is 0 Å². The molecule has 0 amide bonds. The van der Waals surface area contributed by atoms with Crippen molar-refractivity contribution in [3.63, 3.8) is 0 Å². The summed E-state index contributed by atoms with van der Waals surface area (Å²) < 4.78 is 1.60. The predicted molar refractivity (Wildman–Crippen MR) is 56.3 cm³/mol. The van der Waals surface area contributed by atoms with Crippen molar-refractivity contribution in [3.8, 4) is 5.13 Å². The fraction of sp³-hybridized carbons (Fsp3) is 0.286. The molecule has 0 radical (unpaired) electrons. The highest BCUT2D eigenvalue weighted by atomic mass is 35.5. The van der Waals surface area contributed by atoms with E-state index in [1.807, 2.05) is 6.92 Å². The van der Waals surface area contributed by atoms with Crippen LogP contribution in [0.4, 0.5) is 0 Å². The van der Waals surface area contributed by atoms with E-state index in [4.69, 9.17) is 23.2 Å². The van der Waals surface area contributed by atoms with E-state index < -0.39 is 0 Å². The zero-order chi connectivity index (χ0) is 10.1. The van der Waals surface area contributed by atoms with Gasteiger partial charge in [-0.05, 0) is 6.92 Å². The van der Waals surface area contributed by atoms with Gasteiger partial charge >= 0.3 is 0 Å². The maximum Gasteiger partial charge on any atom is 0.232 e. The smallest absolute Gasteiger partial charge is 0.210 e. The van der Waals surface area contributed by atoms with Crippen molar-refractivity contribution in [1.82, 2.24) is 20.0 Å². The number of aromatic nitrogens is 4. The zero-order valence-corrected chi connectivity index (χ0v) is 9.57. The lowest BCUT2D eigenvalue weighted by atomic mass is 10.5. The number of halogens is 2. The van der Waals surface area contributed by atoms with E-state index in [-0.39, 0.29) is 0 Å². The summed E-state index contributed by atoms with van der Waals surface area (Å²) in [5.74, 6) is 0.367. The molecular formula is C7H6Cl2N4S. The molecule has 0 aliphatic rings. The molecular weight excluding hydrogens is 243 g/mol. The summed E-state index contributed by atoms with van der Waals surface area (Å²) in [6.45, 7) is 1.84. The summed E-state index contributed by atoms with van der Waals surface area (Å²) in [7, 11) is 0. The maximum atomic E-state index is 5.87. The number of rotatable bonds is 2. The van der Waals surface area contributed by atoms with Gasteiger partial charge in [-0.3, -0.25) is 0 Å². The Bertz CT molecular complexity index is 431. The minimum Gasteiger partial charge on any atom is -0.210 e. The molecule has 0 bridgehead atoms. The average molecular weight is 249 g/mol. The predicted octanol–water partition coefficient (Wildman–Crippen LogP) is 2.42. The molecule has 14 heavy (non-hydrogen) atoms. The van der Waals surface area contributed by atoms with E-state index in [1.165, 1.54) is 11.3 Å². The van der Waals surface area contributed by atoms with Crippen molar-refractivity contribution in [2.24, 2.45) is 0 Å². The minimum atomic E-state index is 0.367. The normalized spacial score (nSPS) is 10.8. The molecule has 2 heterocycles. The summed E-state index contributed by atoms with van der Waals surface area (Å²) in [6, 6.07) is 0. The highest BCUT2D eigenvalue weighted by Gasteiger charge is 2.08. The highest BCUT2D eigenvalue weighted by Crippen LogP contribution is 2.19. The third kappa shape index (κ3) is 1.75. The van der Waals surface area contributed by atoms with Gasteiger partial charge in [0.1, 0.15) is 5.01 Å². The third-order valence-corrected chi connectivity index (χ3v) is 3.30.